The van der Waals surface area contributed by atoms with Crippen molar-refractivity contribution in [3.05, 3.63) is 12.2 Å². The van der Waals surface area contributed by atoms with Gasteiger partial charge in [-0.1, -0.05) is 219 Å². The fraction of sp³-hybridized carbons (Fsp3) is 0.935. The first-order chi connectivity index (χ1) is 25.1. The molecule has 0 aromatic rings. The molecule has 5 nitrogen and oxygen atoms in total. The summed E-state index contributed by atoms with van der Waals surface area (Å²) in [6.45, 7) is 4.19. The summed E-state index contributed by atoms with van der Waals surface area (Å²) in [7, 11) is 0. The predicted octanol–water partition coefficient (Wildman–Crippen LogP) is 13.2. The van der Waals surface area contributed by atoms with Crippen LogP contribution < -0.4 is 5.32 Å². The minimum absolute atomic E-state index is 0.150. The van der Waals surface area contributed by atoms with Crippen molar-refractivity contribution < 1.29 is 20.1 Å². The van der Waals surface area contributed by atoms with E-state index in [1.165, 1.54) is 186 Å². The normalized spacial score (nSPS) is 13.6. The molecule has 0 radical (unpaired) electrons. The van der Waals surface area contributed by atoms with Crippen LogP contribution in [-0.4, -0.2) is 46.1 Å². The van der Waals surface area contributed by atoms with Crippen molar-refractivity contribution >= 4 is 5.91 Å². The van der Waals surface area contributed by atoms with E-state index in [2.05, 4.69) is 31.3 Å². The number of carbonyl (C=O) groups is 1. The molecule has 0 rings (SSSR count). The molecule has 0 aliphatic carbocycles. The van der Waals surface area contributed by atoms with Crippen molar-refractivity contribution in [2.45, 2.75) is 270 Å². The van der Waals surface area contributed by atoms with Gasteiger partial charge in [-0.25, -0.2) is 0 Å². The summed E-state index contributed by atoms with van der Waals surface area (Å²) >= 11 is 0. The summed E-state index contributed by atoms with van der Waals surface area (Å²) in [6.07, 6.45) is 49.0. The van der Waals surface area contributed by atoms with Crippen LogP contribution in [-0.2, 0) is 4.79 Å². The Morgan fingerprint density at radius 3 is 1.14 bits per heavy atom. The zero-order valence-corrected chi connectivity index (χ0v) is 34.5. The zero-order valence-electron chi connectivity index (χ0n) is 34.5. The van der Waals surface area contributed by atoms with E-state index in [1.807, 2.05) is 0 Å². The van der Waals surface area contributed by atoms with Crippen molar-refractivity contribution in [1.29, 1.82) is 0 Å². The molecule has 304 valence electrons. The molecule has 4 N–H and O–H groups in total. The SMILES string of the molecule is CCCCCCCCCCCCCCCCC/C=C/CCCC(O)C(O)C(CO)NC(=O)CCCCCCCCCCCCCCCCCCC. The largest absolute Gasteiger partial charge is 0.394 e. The molecule has 3 unspecified atom stereocenters. The lowest BCUT2D eigenvalue weighted by Crippen LogP contribution is -2.50. The van der Waals surface area contributed by atoms with Crippen LogP contribution in [0.5, 0.6) is 0 Å². The third-order valence-corrected chi connectivity index (χ3v) is 10.9. The van der Waals surface area contributed by atoms with Gasteiger partial charge in [0.1, 0.15) is 6.10 Å². The number of aliphatic hydroxyl groups is 3. The second-order valence-electron chi connectivity index (χ2n) is 16.0. The maximum absolute atomic E-state index is 12.4. The number of allylic oxidation sites excluding steroid dienone is 2. The molecule has 0 aliphatic rings. The molecule has 0 spiro atoms. The van der Waals surface area contributed by atoms with Crippen molar-refractivity contribution in [1.82, 2.24) is 5.32 Å². The van der Waals surface area contributed by atoms with Gasteiger partial charge < -0.3 is 20.6 Å². The average Bonchev–Trinajstić information content (AvgIpc) is 3.13. The molecule has 51 heavy (non-hydrogen) atoms. The van der Waals surface area contributed by atoms with E-state index >= 15 is 0 Å². The Labute approximate surface area is 319 Å². The Balaban J connectivity index is 3.62. The Morgan fingerprint density at radius 1 is 0.471 bits per heavy atom. The summed E-state index contributed by atoms with van der Waals surface area (Å²) in [5, 5.41) is 33.6. The lowest BCUT2D eigenvalue weighted by atomic mass is 10.0. The third-order valence-electron chi connectivity index (χ3n) is 10.9. The molecule has 0 heterocycles. The summed E-state index contributed by atoms with van der Waals surface area (Å²) < 4.78 is 0. The molecular weight excluding hydrogens is 631 g/mol. The van der Waals surface area contributed by atoms with E-state index in [9.17, 15) is 20.1 Å². The average molecular weight is 722 g/mol. The maximum Gasteiger partial charge on any atom is 0.220 e. The third kappa shape index (κ3) is 37.2. The molecule has 0 aliphatic heterocycles. The number of carbonyl (C=O) groups excluding carboxylic acids is 1. The number of hydrogen-bond acceptors (Lipinski definition) is 4. The fourth-order valence-electron chi connectivity index (χ4n) is 7.28. The molecule has 0 bridgehead atoms. The van der Waals surface area contributed by atoms with Gasteiger partial charge >= 0.3 is 0 Å². The van der Waals surface area contributed by atoms with Gasteiger partial charge in [-0.15, -0.1) is 0 Å². The Morgan fingerprint density at radius 2 is 0.784 bits per heavy atom. The highest BCUT2D eigenvalue weighted by atomic mass is 16.3. The van der Waals surface area contributed by atoms with Crippen LogP contribution in [0.3, 0.4) is 0 Å². The van der Waals surface area contributed by atoms with Gasteiger partial charge in [0.15, 0.2) is 0 Å². The molecule has 0 saturated carbocycles. The minimum atomic E-state index is -1.15. The van der Waals surface area contributed by atoms with Crippen LogP contribution in [0.4, 0.5) is 0 Å². The highest BCUT2D eigenvalue weighted by molar-refractivity contribution is 5.76. The van der Waals surface area contributed by atoms with Gasteiger partial charge in [-0.05, 0) is 38.5 Å². The number of hydrogen-bond donors (Lipinski definition) is 4. The van der Waals surface area contributed by atoms with Crippen LogP contribution in [0.15, 0.2) is 12.2 Å². The highest BCUT2D eigenvalue weighted by Crippen LogP contribution is 2.16. The van der Waals surface area contributed by atoms with Crippen LogP contribution in [0, 0.1) is 0 Å². The Hall–Kier alpha value is -0.910. The first-order valence-corrected chi connectivity index (χ1v) is 23.0. The lowest BCUT2D eigenvalue weighted by Gasteiger charge is -2.26. The molecule has 0 aromatic carbocycles. The molecule has 5 heteroatoms. The van der Waals surface area contributed by atoms with Gasteiger partial charge in [0, 0.05) is 6.42 Å². The second kappa shape index (κ2) is 41.8. The van der Waals surface area contributed by atoms with E-state index < -0.39 is 18.2 Å². The highest BCUT2D eigenvalue weighted by Gasteiger charge is 2.26. The van der Waals surface area contributed by atoms with E-state index in [0.29, 0.717) is 12.8 Å². The minimum Gasteiger partial charge on any atom is -0.394 e. The van der Waals surface area contributed by atoms with E-state index in [0.717, 1.165) is 38.5 Å². The maximum atomic E-state index is 12.4. The second-order valence-corrected chi connectivity index (χ2v) is 16.0. The standard InChI is InChI=1S/C46H91NO4/c1-3-5-7-9-11-13-15-17-19-21-22-23-25-26-28-30-32-34-36-38-40-44(49)46(51)43(42-48)47-45(50)41-39-37-35-33-31-29-27-24-20-18-16-14-12-10-8-6-4-2/h32,34,43-44,46,48-49,51H,3-31,33,35-42H2,1-2H3,(H,47,50)/b34-32+. The van der Waals surface area contributed by atoms with Gasteiger partial charge in [0.05, 0.1) is 18.8 Å². The van der Waals surface area contributed by atoms with Crippen LogP contribution in [0.2, 0.25) is 0 Å². The van der Waals surface area contributed by atoms with Crippen molar-refractivity contribution in [3.63, 3.8) is 0 Å². The number of amides is 1. The van der Waals surface area contributed by atoms with Crippen LogP contribution in [0.1, 0.15) is 251 Å². The van der Waals surface area contributed by atoms with E-state index in [1.54, 1.807) is 0 Å². The molecule has 0 fully saturated rings. The van der Waals surface area contributed by atoms with E-state index in [4.69, 9.17) is 0 Å². The quantitative estimate of drug-likeness (QED) is 0.0373. The first kappa shape index (κ1) is 50.1. The number of unbranched alkanes of at least 4 members (excludes halogenated alkanes) is 32. The number of rotatable bonds is 42. The predicted molar refractivity (Wildman–Crippen MR) is 222 cm³/mol. The molecule has 0 aromatic heterocycles. The van der Waals surface area contributed by atoms with Gasteiger partial charge in [-0.3, -0.25) is 4.79 Å². The van der Waals surface area contributed by atoms with Gasteiger partial charge in [-0.2, -0.15) is 0 Å². The summed E-state index contributed by atoms with van der Waals surface area (Å²) in [5.41, 5.74) is 0. The molecule has 3 atom stereocenters. The molecule has 1 amide bonds. The summed E-state index contributed by atoms with van der Waals surface area (Å²) in [4.78, 5) is 12.4. The number of aliphatic hydroxyl groups excluding tert-OH is 3. The summed E-state index contributed by atoms with van der Waals surface area (Å²) in [6, 6.07) is -0.820. The van der Waals surface area contributed by atoms with Crippen molar-refractivity contribution in [2.24, 2.45) is 0 Å². The number of nitrogens with one attached hydrogen (secondary N) is 1. The van der Waals surface area contributed by atoms with E-state index in [-0.39, 0.29) is 12.5 Å². The van der Waals surface area contributed by atoms with Gasteiger partial charge in [0.25, 0.3) is 0 Å². The van der Waals surface area contributed by atoms with Crippen LogP contribution >= 0.6 is 0 Å². The monoisotopic (exact) mass is 722 g/mol. The Kier molecular flexibility index (Phi) is 41.1. The zero-order chi connectivity index (χ0) is 37.3. The van der Waals surface area contributed by atoms with Crippen molar-refractivity contribution in [3.8, 4) is 0 Å². The summed E-state index contributed by atoms with van der Waals surface area (Å²) in [5.74, 6) is -0.150. The first-order valence-electron chi connectivity index (χ1n) is 23.0. The smallest absolute Gasteiger partial charge is 0.220 e. The Bertz CT molecular complexity index is 713. The molecular formula is C46H91NO4. The van der Waals surface area contributed by atoms with Crippen molar-refractivity contribution in [2.75, 3.05) is 6.61 Å². The van der Waals surface area contributed by atoms with Gasteiger partial charge in [0.2, 0.25) is 5.91 Å². The topological polar surface area (TPSA) is 89.8 Å². The van der Waals surface area contributed by atoms with Crippen LogP contribution in [0.25, 0.3) is 0 Å². The fourth-order valence-corrected chi connectivity index (χ4v) is 7.28. The molecule has 0 saturated heterocycles. The lowest BCUT2D eigenvalue weighted by molar-refractivity contribution is -0.124.